The summed E-state index contributed by atoms with van der Waals surface area (Å²) in [6.07, 6.45) is 2.55. The highest BCUT2D eigenvalue weighted by atomic mass is 16.4. The Balaban J connectivity index is 2.45. The largest absolute Gasteiger partial charge is 0.480 e. The molecule has 1 saturated heterocycles. The van der Waals surface area contributed by atoms with E-state index in [4.69, 9.17) is 0 Å². The third kappa shape index (κ3) is 2.62. The topological polar surface area (TPSA) is 66.3 Å². The van der Waals surface area contributed by atoms with Crippen LogP contribution in [0.5, 0.6) is 0 Å². The van der Waals surface area contributed by atoms with Crippen LogP contribution in [0.4, 0.5) is 5.95 Å². The van der Waals surface area contributed by atoms with Gasteiger partial charge in [-0.1, -0.05) is 13.8 Å². The molecular formula is C15H23N3O2. The van der Waals surface area contributed by atoms with E-state index in [1.54, 1.807) is 6.92 Å². The highest BCUT2D eigenvalue weighted by molar-refractivity contribution is 5.82. The summed E-state index contributed by atoms with van der Waals surface area (Å²) < 4.78 is 0. The molecule has 0 saturated carbocycles. The predicted octanol–water partition coefficient (Wildman–Crippen LogP) is 2.74. The summed E-state index contributed by atoms with van der Waals surface area (Å²) in [4.78, 5) is 22.6. The van der Waals surface area contributed by atoms with Gasteiger partial charge in [0, 0.05) is 17.9 Å². The smallest absolute Gasteiger partial charge is 0.329 e. The molecule has 0 radical (unpaired) electrons. The Kier molecular flexibility index (Phi) is 3.97. The molecule has 5 heteroatoms. The number of hydrogen-bond donors (Lipinski definition) is 1. The second-order valence-corrected chi connectivity index (χ2v) is 6.08. The minimum Gasteiger partial charge on any atom is -0.480 e. The molecule has 1 aliphatic rings. The van der Waals surface area contributed by atoms with E-state index in [0.717, 1.165) is 24.2 Å². The second-order valence-electron chi connectivity index (χ2n) is 6.08. The van der Waals surface area contributed by atoms with Crippen LogP contribution < -0.4 is 4.90 Å². The predicted molar refractivity (Wildman–Crippen MR) is 78.1 cm³/mol. The lowest BCUT2D eigenvalue weighted by molar-refractivity contribution is -0.143. The highest BCUT2D eigenvalue weighted by Gasteiger charge is 2.42. The zero-order valence-corrected chi connectivity index (χ0v) is 12.7. The number of carbonyl (C=O) groups is 1. The molecule has 1 aromatic heterocycles. The van der Waals surface area contributed by atoms with Gasteiger partial charge in [-0.05, 0) is 45.1 Å². The first-order valence-corrected chi connectivity index (χ1v) is 7.21. The molecule has 20 heavy (non-hydrogen) atoms. The van der Waals surface area contributed by atoms with Gasteiger partial charge in [0.05, 0.1) is 0 Å². The molecule has 0 bridgehead atoms. The van der Waals surface area contributed by atoms with Crippen molar-refractivity contribution in [3.63, 3.8) is 0 Å². The standard InChI is InChI=1S/C15H23N3O2/c1-10(2)12-9-11(3)16-14(17-12)18-8-6-5-7-15(18,4)13(19)20/h9-10H,5-8H2,1-4H3,(H,19,20). The minimum atomic E-state index is -0.902. The van der Waals surface area contributed by atoms with E-state index >= 15 is 0 Å². The van der Waals surface area contributed by atoms with Crippen molar-refractivity contribution < 1.29 is 9.90 Å². The third-order valence-electron chi connectivity index (χ3n) is 4.05. The summed E-state index contributed by atoms with van der Waals surface area (Å²) in [5.74, 6) is 0.0584. The van der Waals surface area contributed by atoms with Gasteiger partial charge in [0.1, 0.15) is 5.54 Å². The SMILES string of the molecule is Cc1cc(C(C)C)nc(N2CCCCC2(C)C(=O)O)n1. The highest BCUT2D eigenvalue weighted by Crippen LogP contribution is 2.32. The average molecular weight is 277 g/mol. The molecule has 0 aromatic carbocycles. The van der Waals surface area contributed by atoms with Crippen LogP contribution in [0.1, 0.15) is 57.3 Å². The van der Waals surface area contributed by atoms with E-state index in [-0.39, 0.29) is 0 Å². The van der Waals surface area contributed by atoms with E-state index < -0.39 is 11.5 Å². The quantitative estimate of drug-likeness (QED) is 0.920. The third-order valence-corrected chi connectivity index (χ3v) is 4.05. The van der Waals surface area contributed by atoms with Crippen molar-refractivity contribution in [1.82, 2.24) is 9.97 Å². The number of piperidine rings is 1. The molecule has 2 rings (SSSR count). The molecule has 110 valence electrons. The van der Waals surface area contributed by atoms with E-state index in [2.05, 4.69) is 23.8 Å². The molecule has 0 spiro atoms. The van der Waals surface area contributed by atoms with Crippen LogP contribution in [0.3, 0.4) is 0 Å². The van der Waals surface area contributed by atoms with E-state index in [9.17, 15) is 9.90 Å². The lowest BCUT2D eigenvalue weighted by Gasteiger charge is -2.41. The number of carboxylic acid groups (broad SMARTS) is 1. The number of aliphatic carboxylic acids is 1. The van der Waals surface area contributed by atoms with Gasteiger partial charge in [-0.25, -0.2) is 14.8 Å². The fraction of sp³-hybridized carbons (Fsp3) is 0.667. The zero-order valence-electron chi connectivity index (χ0n) is 12.7. The van der Waals surface area contributed by atoms with Crippen molar-refractivity contribution in [2.75, 3.05) is 11.4 Å². The second kappa shape index (κ2) is 5.38. The Morgan fingerprint density at radius 1 is 1.40 bits per heavy atom. The van der Waals surface area contributed by atoms with Crippen molar-refractivity contribution in [1.29, 1.82) is 0 Å². The first kappa shape index (κ1) is 14.8. The number of hydrogen-bond acceptors (Lipinski definition) is 4. The Hall–Kier alpha value is -1.65. The van der Waals surface area contributed by atoms with Crippen molar-refractivity contribution in [3.8, 4) is 0 Å². The van der Waals surface area contributed by atoms with Crippen LogP contribution in [0.25, 0.3) is 0 Å². The molecule has 1 aliphatic heterocycles. The first-order chi connectivity index (χ1) is 9.34. The molecule has 1 unspecified atom stereocenters. The Labute approximate surface area is 120 Å². The van der Waals surface area contributed by atoms with E-state index in [1.165, 1.54) is 0 Å². The zero-order chi connectivity index (χ0) is 14.9. The number of carboxylic acids is 1. The van der Waals surface area contributed by atoms with Gasteiger partial charge in [-0.15, -0.1) is 0 Å². The monoisotopic (exact) mass is 277 g/mol. The van der Waals surface area contributed by atoms with Crippen LogP contribution in [-0.4, -0.2) is 33.1 Å². The number of nitrogens with zero attached hydrogens (tertiary/aromatic N) is 3. The van der Waals surface area contributed by atoms with Gasteiger partial charge in [-0.3, -0.25) is 0 Å². The maximum absolute atomic E-state index is 11.7. The van der Waals surface area contributed by atoms with Crippen LogP contribution in [0.2, 0.25) is 0 Å². The molecular weight excluding hydrogens is 254 g/mol. The van der Waals surface area contributed by atoms with Crippen molar-refractivity contribution in [2.45, 2.75) is 58.4 Å². The fourth-order valence-corrected chi connectivity index (χ4v) is 2.66. The Morgan fingerprint density at radius 3 is 2.70 bits per heavy atom. The Bertz CT molecular complexity index is 516. The molecule has 1 atom stereocenters. The van der Waals surface area contributed by atoms with E-state index in [0.29, 0.717) is 24.8 Å². The van der Waals surface area contributed by atoms with Gasteiger partial charge >= 0.3 is 5.97 Å². The summed E-state index contributed by atoms with van der Waals surface area (Å²) in [5.41, 5.74) is 0.947. The van der Waals surface area contributed by atoms with Crippen molar-refractivity contribution >= 4 is 11.9 Å². The molecule has 1 N–H and O–H groups in total. The minimum absolute atomic E-state index is 0.302. The van der Waals surface area contributed by atoms with Gasteiger partial charge in [0.2, 0.25) is 5.95 Å². The van der Waals surface area contributed by atoms with Crippen molar-refractivity contribution in [3.05, 3.63) is 17.5 Å². The summed E-state index contributed by atoms with van der Waals surface area (Å²) >= 11 is 0. The first-order valence-electron chi connectivity index (χ1n) is 7.21. The van der Waals surface area contributed by atoms with Crippen LogP contribution in [-0.2, 0) is 4.79 Å². The number of aromatic nitrogens is 2. The van der Waals surface area contributed by atoms with Gasteiger partial charge in [-0.2, -0.15) is 0 Å². The maximum atomic E-state index is 11.7. The summed E-state index contributed by atoms with van der Waals surface area (Å²) in [5, 5.41) is 9.58. The molecule has 1 fully saturated rings. The normalized spacial score (nSPS) is 23.1. The maximum Gasteiger partial charge on any atom is 0.329 e. The Morgan fingerprint density at radius 2 is 2.10 bits per heavy atom. The number of anilines is 1. The van der Waals surface area contributed by atoms with Crippen LogP contribution in [0.15, 0.2) is 6.07 Å². The van der Waals surface area contributed by atoms with Gasteiger partial charge in [0.25, 0.3) is 0 Å². The number of rotatable bonds is 3. The van der Waals surface area contributed by atoms with E-state index in [1.807, 2.05) is 17.9 Å². The molecule has 0 amide bonds. The van der Waals surface area contributed by atoms with Crippen LogP contribution >= 0.6 is 0 Å². The molecule has 1 aromatic rings. The summed E-state index contributed by atoms with van der Waals surface area (Å²) in [7, 11) is 0. The fourth-order valence-electron chi connectivity index (χ4n) is 2.66. The lowest BCUT2D eigenvalue weighted by atomic mass is 9.89. The summed E-state index contributed by atoms with van der Waals surface area (Å²) in [6, 6.07) is 1.97. The molecule has 0 aliphatic carbocycles. The molecule has 2 heterocycles. The summed E-state index contributed by atoms with van der Waals surface area (Å²) in [6.45, 7) is 8.56. The lowest BCUT2D eigenvalue weighted by Crippen LogP contribution is -2.56. The van der Waals surface area contributed by atoms with Gasteiger partial charge < -0.3 is 10.0 Å². The average Bonchev–Trinajstić information content (AvgIpc) is 2.38. The van der Waals surface area contributed by atoms with Crippen LogP contribution in [0, 0.1) is 6.92 Å². The number of aryl methyl sites for hydroxylation is 1. The van der Waals surface area contributed by atoms with Gasteiger partial charge in [0.15, 0.2) is 0 Å². The van der Waals surface area contributed by atoms with Crippen molar-refractivity contribution in [2.24, 2.45) is 0 Å². The molecule has 5 nitrogen and oxygen atoms in total.